The fourth-order valence-corrected chi connectivity index (χ4v) is 7.19. The number of ether oxygens (including phenoxy) is 1. The number of benzene rings is 2. The van der Waals surface area contributed by atoms with Crippen LogP contribution in [-0.4, -0.2) is 79.2 Å². The minimum atomic E-state index is -0.290. The van der Waals surface area contributed by atoms with Crippen molar-refractivity contribution in [3.05, 3.63) is 70.8 Å². The molecule has 0 spiro atoms. The number of hydrogen-bond acceptors (Lipinski definition) is 8. The number of amides is 1. The highest BCUT2D eigenvalue weighted by molar-refractivity contribution is 6.36. The van der Waals surface area contributed by atoms with Gasteiger partial charge in [-0.15, -0.1) is 0 Å². The Morgan fingerprint density at radius 3 is 2.66 bits per heavy atom. The smallest absolute Gasteiger partial charge is 0.246 e. The lowest BCUT2D eigenvalue weighted by Crippen LogP contribution is -2.55. The molecule has 1 aromatic heterocycles. The molecule has 3 aliphatic heterocycles. The third-order valence-corrected chi connectivity index (χ3v) is 9.59. The number of likely N-dealkylation sites (N-methyl/N-ethyl adjacent to an activating group) is 1. The van der Waals surface area contributed by atoms with Gasteiger partial charge in [-0.2, -0.15) is 15.5 Å². The normalized spacial score (nSPS) is 20.2. The molecule has 2 saturated heterocycles. The maximum atomic E-state index is 12.6. The summed E-state index contributed by atoms with van der Waals surface area (Å²) in [4.78, 5) is 26.1. The number of nitriles is 2. The van der Waals surface area contributed by atoms with Gasteiger partial charge in [0.1, 0.15) is 24.1 Å². The van der Waals surface area contributed by atoms with Crippen LogP contribution in [0, 0.1) is 22.7 Å². The molecule has 3 aliphatic rings. The van der Waals surface area contributed by atoms with Crippen molar-refractivity contribution >= 4 is 39.8 Å². The summed E-state index contributed by atoms with van der Waals surface area (Å²) in [5.74, 6) is 0.951. The Labute approximate surface area is 263 Å². The number of halogens is 1. The van der Waals surface area contributed by atoms with Gasteiger partial charge < -0.3 is 24.3 Å². The van der Waals surface area contributed by atoms with Crippen LogP contribution in [0.1, 0.15) is 36.0 Å². The van der Waals surface area contributed by atoms with Crippen LogP contribution in [0.4, 0.5) is 11.5 Å². The highest BCUT2D eigenvalue weighted by Crippen LogP contribution is 2.40. The van der Waals surface area contributed by atoms with Gasteiger partial charge in [0.15, 0.2) is 0 Å². The van der Waals surface area contributed by atoms with Gasteiger partial charge in [0.25, 0.3) is 0 Å². The maximum Gasteiger partial charge on any atom is 0.246 e. The van der Waals surface area contributed by atoms with Crippen LogP contribution in [0.25, 0.3) is 10.8 Å². The zero-order chi connectivity index (χ0) is 30.8. The quantitative estimate of drug-likeness (QED) is 0.348. The van der Waals surface area contributed by atoms with E-state index in [4.69, 9.17) is 21.3 Å². The molecule has 1 amide bonds. The van der Waals surface area contributed by atoms with Gasteiger partial charge in [-0.1, -0.05) is 42.4 Å². The van der Waals surface area contributed by atoms with Crippen LogP contribution >= 0.6 is 11.6 Å². The Kier molecular flexibility index (Phi) is 8.61. The molecular formula is C34H36ClN7O2. The Hall–Kier alpha value is -4.31. The van der Waals surface area contributed by atoms with E-state index in [1.807, 2.05) is 18.2 Å². The predicted octanol–water partition coefficient (Wildman–Crippen LogP) is 4.91. The Morgan fingerprint density at radius 2 is 1.93 bits per heavy atom. The van der Waals surface area contributed by atoms with Gasteiger partial charge in [-0.3, -0.25) is 4.79 Å². The lowest BCUT2D eigenvalue weighted by Gasteiger charge is -2.42. The standard InChI is InChI=1S/C34H36ClN7O2/c1-3-31(43)42-18-17-41(20-24(42)12-14-36)33-26-13-16-40(30-11-5-8-23-7-4-10-29(35)32(23)30)21-28(26)27(19-37)34(38-33)44-22-25-9-6-15-39(25)2/h3-5,7-8,10-11,24-25H,1,6,9,12-13,15-18,20-22H2,2H3/t24-,25+/m1/s1. The van der Waals surface area contributed by atoms with Gasteiger partial charge in [0.05, 0.1) is 23.6 Å². The predicted molar refractivity (Wildman–Crippen MR) is 172 cm³/mol. The Bertz CT molecular complexity index is 1670. The largest absolute Gasteiger partial charge is 0.475 e. The molecule has 0 radical (unpaired) electrons. The van der Waals surface area contributed by atoms with E-state index < -0.39 is 0 Å². The second-order valence-electron chi connectivity index (χ2n) is 11.8. The van der Waals surface area contributed by atoms with E-state index in [9.17, 15) is 15.3 Å². The van der Waals surface area contributed by atoms with Crippen LogP contribution in [-0.2, 0) is 17.8 Å². The lowest BCUT2D eigenvalue weighted by molar-refractivity contribution is -0.128. The minimum Gasteiger partial charge on any atom is -0.475 e. The number of pyridine rings is 1. The number of likely N-dealkylation sites (tertiary alicyclic amines) is 1. The number of aromatic nitrogens is 1. The van der Waals surface area contributed by atoms with Crippen LogP contribution in [0.3, 0.4) is 0 Å². The summed E-state index contributed by atoms with van der Waals surface area (Å²) in [5.41, 5.74) is 3.42. The van der Waals surface area contributed by atoms with E-state index >= 15 is 0 Å². The van der Waals surface area contributed by atoms with E-state index in [1.54, 1.807) is 4.90 Å². The van der Waals surface area contributed by atoms with E-state index in [0.29, 0.717) is 55.7 Å². The van der Waals surface area contributed by atoms with Crippen LogP contribution in [0.15, 0.2) is 49.1 Å². The average Bonchev–Trinajstić information content (AvgIpc) is 3.46. The zero-order valence-electron chi connectivity index (χ0n) is 25.0. The van der Waals surface area contributed by atoms with Crippen LogP contribution in [0.5, 0.6) is 5.88 Å². The van der Waals surface area contributed by atoms with Crippen molar-refractivity contribution in [3.63, 3.8) is 0 Å². The highest BCUT2D eigenvalue weighted by atomic mass is 35.5. The Morgan fingerprint density at radius 1 is 1.11 bits per heavy atom. The minimum absolute atomic E-state index is 0.172. The number of anilines is 2. The SMILES string of the molecule is C=CC(=O)N1CCN(c2nc(OC[C@@H]3CCCN3C)c(C#N)c3c2CCN(c2cccc4cccc(Cl)c24)C3)C[C@H]1CC#N. The molecule has 6 rings (SSSR count). The molecule has 2 fully saturated rings. The van der Waals surface area contributed by atoms with Crippen molar-refractivity contribution in [3.8, 4) is 18.0 Å². The first-order chi connectivity index (χ1) is 21.4. The number of hydrogen-bond donors (Lipinski definition) is 0. The molecule has 0 N–H and O–H groups in total. The summed E-state index contributed by atoms with van der Waals surface area (Å²) in [6.45, 7) is 7.84. The summed E-state index contributed by atoms with van der Waals surface area (Å²) >= 11 is 6.71. The van der Waals surface area contributed by atoms with E-state index in [1.165, 1.54) is 6.08 Å². The molecule has 44 heavy (non-hydrogen) atoms. The first kappa shape index (κ1) is 29.7. The monoisotopic (exact) mass is 609 g/mol. The lowest BCUT2D eigenvalue weighted by atomic mass is 9.94. The fourth-order valence-electron chi connectivity index (χ4n) is 6.92. The number of carbonyl (C=O) groups is 1. The van der Waals surface area contributed by atoms with Crippen molar-refractivity contribution in [1.29, 1.82) is 10.5 Å². The first-order valence-corrected chi connectivity index (χ1v) is 15.6. The summed E-state index contributed by atoms with van der Waals surface area (Å²) < 4.78 is 6.39. The van der Waals surface area contributed by atoms with E-state index in [0.717, 1.165) is 59.3 Å². The number of nitrogens with zero attached hydrogens (tertiary/aromatic N) is 7. The molecule has 9 nitrogen and oxygen atoms in total. The zero-order valence-corrected chi connectivity index (χ0v) is 25.8. The van der Waals surface area contributed by atoms with Crippen molar-refractivity contribution in [1.82, 2.24) is 14.8 Å². The molecule has 2 aromatic carbocycles. The molecule has 0 bridgehead atoms. The highest BCUT2D eigenvalue weighted by Gasteiger charge is 2.35. The molecule has 4 heterocycles. The number of piperazine rings is 1. The van der Waals surface area contributed by atoms with Gasteiger partial charge in [-0.25, -0.2) is 0 Å². The molecule has 226 valence electrons. The van der Waals surface area contributed by atoms with Crippen LogP contribution < -0.4 is 14.5 Å². The number of fused-ring (bicyclic) bond motifs is 2. The summed E-state index contributed by atoms with van der Waals surface area (Å²) in [6.07, 6.45) is 4.35. The van der Waals surface area contributed by atoms with Gasteiger partial charge in [0, 0.05) is 61.0 Å². The topological polar surface area (TPSA) is 99.7 Å². The van der Waals surface area contributed by atoms with Crippen molar-refractivity contribution in [2.24, 2.45) is 0 Å². The third-order valence-electron chi connectivity index (χ3n) is 9.27. The third kappa shape index (κ3) is 5.54. The van der Waals surface area contributed by atoms with Crippen molar-refractivity contribution < 1.29 is 9.53 Å². The van der Waals surface area contributed by atoms with Crippen LogP contribution in [0.2, 0.25) is 5.02 Å². The average molecular weight is 610 g/mol. The number of rotatable bonds is 7. The second kappa shape index (κ2) is 12.7. The first-order valence-electron chi connectivity index (χ1n) is 15.2. The molecule has 3 aromatic rings. The summed E-state index contributed by atoms with van der Waals surface area (Å²) in [6, 6.07) is 16.8. The molecule has 0 aliphatic carbocycles. The second-order valence-corrected chi connectivity index (χ2v) is 12.2. The maximum absolute atomic E-state index is 12.6. The summed E-state index contributed by atoms with van der Waals surface area (Å²) in [5, 5.41) is 22.8. The van der Waals surface area contributed by atoms with Crippen molar-refractivity contribution in [2.75, 3.05) is 56.2 Å². The van der Waals surface area contributed by atoms with Gasteiger partial charge in [-0.05, 0) is 56.4 Å². The van der Waals surface area contributed by atoms with E-state index in [-0.39, 0.29) is 24.4 Å². The molecule has 10 heteroatoms. The van der Waals surface area contributed by atoms with Crippen molar-refractivity contribution in [2.45, 2.75) is 44.3 Å². The Balaban J connectivity index is 1.41. The summed E-state index contributed by atoms with van der Waals surface area (Å²) in [7, 11) is 2.10. The molecule has 2 atom stereocenters. The molecular weight excluding hydrogens is 574 g/mol. The van der Waals surface area contributed by atoms with Gasteiger partial charge >= 0.3 is 0 Å². The number of carbonyl (C=O) groups excluding carboxylic acids is 1. The van der Waals surface area contributed by atoms with Gasteiger partial charge in [0.2, 0.25) is 11.8 Å². The van der Waals surface area contributed by atoms with E-state index in [2.05, 4.69) is 58.7 Å². The molecule has 0 unspecified atom stereocenters. The fraction of sp³-hybridized carbons (Fsp3) is 0.412. The molecule has 0 saturated carbocycles.